The maximum atomic E-state index is 11.7. The first kappa shape index (κ1) is 14.3. The lowest BCUT2D eigenvalue weighted by molar-refractivity contribution is -0.146. The highest BCUT2D eigenvalue weighted by Crippen LogP contribution is 2.27. The van der Waals surface area contributed by atoms with E-state index in [2.05, 4.69) is 5.09 Å². The molecule has 5 nitrogen and oxygen atoms in total. The zero-order chi connectivity index (χ0) is 13.8. The normalized spacial score (nSPS) is 16.6. The van der Waals surface area contributed by atoms with Crippen LogP contribution in [0.2, 0.25) is 5.02 Å². The van der Waals surface area contributed by atoms with E-state index in [0.29, 0.717) is 10.8 Å². The third-order valence-electron chi connectivity index (χ3n) is 2.46. The summed E-state index contributed by atoms with van der Waals surface area (Å²) in [5, 5.41) is 3.12. The van der Waals surface area contributed by atoms with Crippen molar-refractivity contribution in [1.82, 2.24) is 5.09 Å². The van der Waals surface area contributed by atoms with E-state index >= 15 is 0 Å². The number of ether oxygens (including phenoxy) is 1. The fourth-order valence-electron chi connectivity index (χ4n) is 1.28. The Bertz CT molecular complexity index is 475. The second kappa shape index (κ2) is 6.33. The second-order valence-electron chi connectivity index (χ2n) is 4.29. The molecule has 0 aromatic heterocycles. The average molecular weight is 303 g/mol. The third-order valence-corrected chi connectivity index (χ3v) is 3.69. The van der Waals surface area contributed by atoms with Gasteiger partial charge >= 0.3 is 14.1 Å². The zero-order valence-electron chi connectivity index (χ0n) is 10.3. The fourth-order valence-corrected chi connectivity index (χ4v) is 2.19. The van der Waals surface area contributed by atoms with Crippen LogP contribution >= 0.6 is 19.8 Å². The molecule has 2 atom stereocenters. The van der Waals surface area contributed by atoms with Crippen LogP contribution in [0.4, 0.5) is 0 Å². The maximum Gasteiger partial charge on any atom is 0.664 e. The highest BCUT2D eigenvalue weighted by atomic mass is 35.5. The van der Waals surface area contributed by atoms with Crippen molar-refractivity contribution < 1.29 is 18.6 Å². The van der Waals surface area contributed by atoms with Crippen LogP contribution in [0.3, 0.4) is 0 Å². The molecule has 2 rings (SSSR count). The second-order valence-corrected chi connectivity index (χ2v) is 5.68. The molecular formula is C12H14ClNO4P+. The molecule has 0 aliphatic heterocycles. The Labute approximate surface area is 117 Å². The number of carbonyl (C=O) groups excluding carboxylic acids is 1. The van der Waals surface area contributed by atoms with E-state index in [1.54, 1.807) is 31.2 Å². The number of carbonyl (C=O) groups is 1. The fraction of sp³-hybridized carbons (Fsp3) is 0.417. The van der Waals surface area contributed by atoms with Gasteiger partial charge < -0.3 is 4.74 Å². The number of benzene rings is 1. The highest BCUT2D eigenvalue weighted by Gasteiger charge is 2.32. The molecule has 0 radical (unpaired) electrons. The van der Waals surface area contributed by atoms with Gasteiger partial charge in [0.1, 0.15) is 12.1 Å². The van der Waals surface area contributed by atoms with Crippen molar-refractivity contribution in [2.75, 3.05) is 0 Å². The molecule has 1 aromatic rings. The van der Waals surface area contributed by atoms with Gasteiger partial charge in [-0.2, -0.15) is 0 Å². The topological polar surface area (TPSA) is 64.6 Å². The molecule has 1 aliphatic carbocycles. The average Bonchev–Trinajstić information content (AvgIpc) is 3.16. The molecule has 1 N–H and O–H groups in total. The monoisotopic (exact) mass is 302 g/mol. The number of hydrogen-bond donors (Lipinski definition) is 1. The van der Waals surface area contributed by atoms with Gasteiger partial charge in [0, 0.05) is 9.59 Å². The molecule has 1 aromatic carbocycles. The molecule has 1 saturated carbocycles. The predicted molar refractivity (Wildman–Crippen MR) is 71.4 cm³/mol. The van der Waals surface area contributed by atoms with Gasteiger partial charge in [-0.1, -0.05) is 16.7 Å². The summed E-state index contributed by atoms with van der Waals surface area (Å²) in [6.45, 7) is 1.59. The molecule has 1 unspecified atom stereocenters. The summed E-state index contributed by atoms with van der Waals surface area (Å²) in [6.07, 6.45) is 1.85. The van der Waals surface area contributed by atoms with E-state index in [1.165, 1.54) is 0 Å². The van der Waals surface area contributed by atoms with Crippen LogP contribution in [0.1, 0.15) is 19.8 Å². The van der Waals surface area contributed by atoms with Crippen molar-refractivity contribution in [2.24, 2.45) is 0 Å². The van der Waals surface area contributed by atoms with Crippen molar-refractivity contribution in [3.8, 4) is 5.75 Å². The Morgan fingerprint density at radius 1 is 1.42 bits per heavy atom. The minimum absolute atomic E-state index is 0.0341. The van der Waals surface area contributed by atoms with Crippen LogP contribution in [-0.4, -0.2) is 18.1 Å². The van der Waals surface area contributed by atoms with Gasteiger partial charge in [0.05, 0.1) is 0 Å². The summed E-state index contributed by atoms with van der Waals surface area (Å²) < 4.78 is 21.9. The first-order chi connectivity index (χ1) is 9.04. The van der Waals surface area contributed by atoms with Crippen LogP contribution in [0.5, 0.6) is 5.75 Å². The van der Waals surface area contributed by atoms with Gasteiger partial charge in [-0.15, -0.1) is 0 Å². The molecule has 0 amide bonds. The summed E-state index contributed by atoms with van der Waals surface area (Å²) in [4.78, 5) is 11.5. The lowest BCUT2D eigenvalue weighted by Gasteiger charge is -2.06. The Morgan fingerprint density at radius 2 is 2.05 bits per heavy atom. The number of rotatable bonds is 6. The molecule has 0 spiro atoms. The standard InChI is InChI=1S/C12H14ClNO4P/c1-8(12(15)17-10-6-7-10)14-19(16)18-11-4-2-9(13)3-5-11/h2-5,8,10H,6-7H2,1H3,(H,14,16)/q+1/t8-/m0/s1. The van der Waals surface area contributed by atoms with Crippen LogP contribution in [0, 0.1) is 0 Å². The largest absolute Gasteiger partial charge is 0.664 e. The molecular weight excluding hydrogens is 289 g/mol. The molecule has 102 valence electrons. The van der Waals surface area contributed by atoms with Crippen molar-refractivity contribution >= 4 is 25.7 Å². The quantitative estimate of drug-likeness (QED) is 0.646. The lowest BCUT2D eigenvalue weighted by Crippen LogP contribution is -2.32. The van der Waals surface area contributed by atoms with Crippen LogP contribution < -0.4 is 9.61 Å². The minimum atomic E-state index is -2.19. The molecule has 0 heterocycles. The van der Waals surface area contributed by atoms with E-state index in [4.69, 9.17) is 20.9 Å². The summed E-state index contributed by atoms with van der Waals surface area (Å²) in [6, 6.07) is 5.79. The third kappa shape index (κ3) is 4.78. The first-order valence-electron chi connectivity index (χ1n) is 5.92. The van der Waals surface area contributed by atoms with Gasteiger partial charge in [0.25, 0.3) is 0 Å². The predicted octanol–water partition coefficient (Wildman–Crippen LogP) is 3.06. The highest BCUT2D eigenvalue weighted by molar-refractivity contribution is 7.37. The van der Waals surface area contributed by atoms with Crippen molar-refractivity contribution in [3.63, 3.8) is 0 Å². The van der Waals surface area contributed by atoms with E-state index < -0.39 is 20.2 Å². The van der Waals surface area contributed by atoms with E-state index in [1.807, 2.05) is 0 Å². The Balaban J connectivity index is 1.79. The van der Waals surface area contributed by atoms with E-state index in [0.717, 1.165) is 12.8 Å². The Kier molecular flexibility index (Phi) is 4.75. The smallest absolute Gasteiger partial charge is 0.461 e. The van der Waals surface area contributed by atoms with Crippen LogP contribution in [-0.2, 0) is 14.1 Å². The van der Waals surface area contributed by atoms with Gasteiger partial charge in [-0.3, -0.25) is 4.79 Å². The van der Waals surface area contributed by atoms with Crippen LogP contribution in [0.25, 0.3) is 0 Å². The molecule has 0 saturated heterocycles. The number of hydrogen-bond acceptors (Lipinski definition) is 4. The van der Waals surface area contributed by atoms with Gasteiger partial charge in [0.15, 0.2) is 5.75 Å². The molecule has 0 bridgehead atoms. The number of esters is 1. The van der Waals surface area contributed by atoms with Crippen molar-refractivity contribution in [3.05, 3.63) is 29.3 Å². The van der Waals surface area contributed by atoms with Crippen LogP contribution in [0.15, 0.2) is 24.3 Å². The lowest BCUT2D eigenvalue weighted by atomic mass is 10.3. The van der Waals surface area contributed by atoms with Crippen molar-refractivity contribution in [1.29, 1.82) is 0 Å². The minimum Gasteiger partial charge on any atom is -0.461 e. The number of nitrogens with one attached hydrogen (secondary N) is 1. The maximum absolute atomic E-state index is 11.7. The summed E-state index contributed by atoms with van der Waals surface area (Å²) in [7, 11) is -2.19. The van der Waals surface area contributed by atoms with Gasteiger partial charge in [-0.05, 0) is 44.0 Å². The first-order valence-corrected chi connectivity index (χ1v) is 7.47. The summed E-state index contributed by atoms with van der Waals surface area (Å²) >= 11 is 5.72. The molecule has 1 fully saturated rings. The van der Waals surface area contributed by atoms with E-state index in [9.17, 15) is 9.36 Å². The number of halogens is 1. The van der Waals surface area contributed by atoms with Gasteiger partial charge in [0.2, 0.25) is 0 Å². The molecule has 1 aliphatic rings. The summed E-state index contributed by atoms with van der Waals surface area (Å²) in [5.41, 5.74) is 0. The Hall–Kier alpha value is -1.16. The van der Waals surface area contributed by atoms with E-state index in [-0.39, 0.29) is 6.10 Å². The SMILES string of the molecule is C[C@H](N[P+](=O)Oc1ccc(Cl)cc1)C(=O)OC1CC1. The zero-order valence-corrected chi connectivity index (χ0v) is 12.0. The summed E-state index contributed by atoms with van der Waals surface area (Å²) in [5.74, 6) is 0.00586. The molecule has 19 heavy (non-hydrogen) atoms. The van der Waals surface area contributed by atoms with Gasteiger partial charge in [-0.25, -0.2) is 4.52 Å². The van der Waals surface area contributed by atoms with Crippen molar-refractivity contribution in [2.45, 2.75) is 31.9 Å². The Morgan fingerprint density at radius 3 is 2.63 bits per heavy atom. The molecule has 7 heteroatoms.